The molecule has 0 atom stereocenters. The number of carbonyl (C=O) groups is 1. The average Bonchev–Trinajstić information content (AvgIpc) is 3.03. The van der Waals surface area contributed by atoms with Gasteiger partial charge in [-0.25, -0.2) is 9.78 Å². The second kappa shape index (κ2) is 6.50. The molecule has 140 valence electrons. The highest BCUT2D eigenvalue weighted by molar-refractivity contribution is 5.85. The highest BCUT2D eigenvalue weighted by Gasteiger charge is 2.17. The fourth-order valence-corrected chi connectivity index (χ4v) is 2.83. The van der Waals surface area contributed by atoms with Crippen LogP contribution in [0.2, 0.25) is 0 Å². The van der Waals surface area contributed by atoms with Gasteiger partial charge >= 0.3 is 6.09 Å². The monoisotopic (exact) mass is 367 g/mol. The molecule has 1 aliphatic heterocycles. The molecule has 0 unspecified atom stereocenters. The average molecular weight is 367 g/mol. The van der Waals surface area contributed by atoms with Crippen molar-refractivity contribution >= 4 is 17.4 Å². The van der Waals surface area contributed by atoms with Crippen LogP contribution in [0.4, 0.5) is 10.5 Å². The lowest BCUT2D eigenvalue weighted by Gasteiger charge is -2.19. The zero-order valence-corrected chi connectivity index (χ0v) is 15.5. The molecule has 3 aromatic rings. The van der Waals surface area contributed by atoms with Gasteiger partial charge in [-0.15, -0.1) is 0 Å². The van der Waals surface area contributed by atoms with E-state index in [2.05, 4.69) is 10.3 Å². The third-order valence-corrected chi connectivity index (χ3v) is 3.93. The maximum absolute atomic E-state index is 11.9. The summed E-state index contributed by atoms with van der Waals surface area (Å²) in [7, 11) is 0. The third-order valence-electron chi connectivity index (χ3n) is 3.93. The van der Waals surface area contributed by atoms with Gasteiger partial charge in [0.15, 0.2) is 11.5 Å². The Morgan fingerprint density at radius 2 is 1.89 bits per heavy atom. The summed E-state index contributed by atoms with van der Waals surface area (Å²) in [6.45, 7) is 6.58. The van der Waals surface area contributed by atoms with Gasteiger partial charge in [-0.05, 0) is 51.1 Å². The summed E-state index contributed by atoms with van der Waals surface area (Å²) in [5, 5.41) is 2.73. The number of hydrogen-bond acceptors (Lipinski definition) is 5. The maximum atomic E-state index is 11.9. The first-order chi connectivity index (χ1) is 12.9. The van der Waals surface area contributed by atoms with E-state index in [4.69, 9.17) is 14.2 Å². The zero-order valence-electron chi connectivity index (χ0n) is 15.5. The van der Waals surface area contributed by atoms with E-state index in [0.717, 1.165) is 28.4 Å². The topological polar surface area (TPSA) is 74.1 Å². The van der Waals surface area contributed by atoms with Crippen LogP contribution in [0.15, 0.2) is 42.7 Å². The van der Waals surface area contributed by atoms with E-state index >= 15 is 0 Å². The normalized spacial score (nSPS) is 13.4. The summed E-state index contributed by atoms with van der Waals surface area (Å²) in [5.74, 6) is 1.47. The number of anilines is 1. The van der Waals surface area contributed by atoms with E-state index in [-0.39, 0.29) is 0 Å². The summed E-state index contributed by atoms with van der Waals surface area (Å²) in [4.78, 5) is 16.6. The number of hydrogen-bond donors (Lipinski definition) is 1. The number of amides is 1. The minimum absolute atomic E-state index is 0.492. The van der Waals surface area contributed by atoms with Crippen molar-refractivity contribution in [3.05, 3.63) is 42.7 Å². The van der Waals surface area contributed by atoms with Crippen molar-refractivity contribution in [3.63, 3.8) is 0 Å². The Hall–Kier alpha value is -3.22. The minimum Gasteiger partial charge on any atom is -0.486 e. The predicted octanol–water partition coefficient (Wildman–Crippen LogP) is 4.12. The van der Waals surface area contributed by atoms with Crippen molar-refractivity contribution < 1.29 is 19.0 Å². The van der Waals surface area contributed by atoms with Crippen LogP contribution >= 0.6 is 0 Å². The van der Waals surface area contributed by atoms with Crippen molar-refractivity contribution in [1.82, 2.24) is 9.38 Å². The number of imidazole rings is 1. The Balaban J connectivity index is 1.59. The summed E-state index contributed by atoms with van der Waals surface area (Å²) in [5.41, 5.74) is 2.60. The Kier molecular flexibility index (Phi) is 4.14. The molecule has 1 aromatic carbocycles. The lowest BCUT2D eigenvalue weighted by atomic mass is 10.1. The largest absolute Gasteiger partial charge is 0.486 e. The fraction of sp³-hybridized carbons (Fsp3) is 0.300. The highest BCUT2D eigenvalue weighted by Crippen LogP contribution is 2.34. The molecule has 7 heteroatoms. The van der Waals surface area contributed by atoms with Gasteiger partial charge < -0.3 is 18.6 Å². The number of nitrogens with one attached hydrogen (secondary N) is 1. The smallest absolute Gasteiger partial charge is 0.412 e. The van der Waals surface area contributed by atoms with Gasteiger partial charge in [0.25, 0.3) is 0 Å². The molecule has 7 nitrogen and oxygen atoms in total. The lowest BCUT2D eigenvalue weighted by Crippen LogP contribution is -2.27. The van der Waals surface area contributed by atoms with Crippen molar-refractivity contribution in [3.8, 4) is 22.8 Å². The molecular formula is C20H21N3O4. The number of fused-ring (bicyclic) bond motifs is 2. The molecule has 0 fully saturated rings. The molecule has 1 amide bonds. The zero-order chi connectivity index (χ0) is 19.0. The van der Waals surface area contributed by atoms with Crippen LogP contribution < -0.4 is 14.8 Å². The number of rotatable bonds is 2. The van der Waals surface area contributed by atoms with Crippen molar-refractivity contribution in [2.45, 2.75) is 26.4 Å². The van der Waals surface area contributed by atoms with Crippen LogP contribution in [0.3, 0.4) is 0 Å². The van der Waals surface area contributed by atoms with Gasteiger partial charge in [-0.1, -0.05) is 0 Å². The van der Waals surface area contributed by atoms with Gasteiger partial charge in [-0.3, -0.25) is 5.32 Å². The lowest BCUT2D eigenvalue weighted by molar-refractivity contribution is 0.0636. The first-order valence-corrected chi connectivity index (χ1v) is 8.76. The highest BCUT2D eigenvalue weighted by atomic mass is 16.6. The molecule has 0 radical (unpaired) electrons. The standard InChI is InChI=1S/C20H21N3O4/c1-20(2,3)27-19(24)21-14-5-7-18-22-15(12-23(18)11-14)13-4-6-16-17(10-13)26-9-8-25-16/h4-7,10-12H,8-9H2,1-3H3,(H,21,24). The van der Waals surface area contributed by atoms with Crippen LogP contribution in [0.1, 0.15) is 20.8 Å². The molecule has 4 rings (SSSR count). The van der Waals surface area contributed by atoms with E-state index in [0.29, 0.717) is 18.9 Å². The molecule has 0 spiro atoms. The van der Waals surface area contributed by atoms with Crippen LogP contribution in [-0.4, -0.2) is 34.3 Å². The Morgan fingerprint density at radius 3 is 2.67 bits per heavy atom. The van der Waals surface area contributed by atoms with Gasteiger partial charge in [0, 0.05) is 18.0 Å². The second-order valence-electron chi connectivity index (χ2n) is 7.29. The summed E-state index contributed by atoms with van der Waals surface area (Å²) < 4.78 is 18.3. The van der Waals surface area contributed by atoms with Crippen molar-refractivity contribution in [2.75, 3.05) is 18.5 Å². The summed E-state index contributed by atoms with van der Waals surface area (Å²) >= 11 is 0. The molecule has 0 saturated carbocycles. The number of benzene rings is 1. The Morgan fingerprint density at radius 1 is 1.11 bits per heavy atom. The summed E-state index contributed by atoms with van der Waals surface area (Å²) in [6, 6.07) is 9.41. The van der Waals surface area contributed by atoms with Crippen LogP contribution in [0, 0.1) is 0 Å². The van der Waals surface area contributed by atoms with E-state index in [1.54, 1.807) is 12.3 Å². The fourth-order valence-electron chi connectivity index (χ4n) is 2.83. The quantitative estimate of drug-likeness (QED) is 0.737. The molecule has 2 aromatic heterocycles. The number of aromatic nitrogens is 2. The molecule has 0 bridgehead atoms. The number of nitrogens with zero attached hydrogens (tertiary/aromatic N) is 2. The SMILES string of the molecule is CC(C)(C)OC(=O)Nc1ccc2nc(-c3ccc4c(c3)OCCO4)cn2c1. The predicted molar refractivity (Wildman–Crippen MR) is 101 cm³/mol. The number of pyridine rings is 1. The van der Waals surface area contributed by atoms with E-state index in [1.807, 2.05) is 55.6 Å². The molecule has 27 heavy (non-hydrogen) atoms. The number of ether oxygens (including phenoxy) is 3. The Labute approximate surface area is 156 Å². The first kappa shape index (κ1) is 17.2. The number of carbonyl (C=O) groups excluding carboxylic acids is 1. The van der Waals surface area contributed by atoms with E-state index in [1.165, 1.54) is 0 Å². The molecule has 0 saturated heterocycles. The maximum Gasteiger partial charge on any atom is 0.412 e. The molecule has 1 aliphatic rings. The van der Waals surface area contributed by atoms with Gasteiger partial charge in [0.1, 0.15) is 24.5 Å². The van der Waals surface area contributed by atoms with E-state index in [9.17, 15) is 4.79 Å². The molecular weight excluding hydrogens is 346 g/mol. The van der Waals surface area contributed by atoms with Crippen LogP contribution in [0.5, 0.6) is 11.5 Å². The first-order valence-electron chi connectivity index (χ1n) is 8.76. The van der Waals surface area contributed by atoms with Crippen molar-refractivity contribution in [2.24, 2.45) is 0 Å². The van der Waals surface area contributed by atoms with Gasteiger partial charge in [-0.2, -0.15) is 0 Å². The van der Waals surface area contributed by atoms with E-state index < -0.39 is 11.7 Å². The minimum atomic E-state index is -0.547. The second-order valence-corrected chi connectivity index (χ2v) is 7.29. The molecule has 1 N–H and O–H groups in total. The van der Waals surface area contributed by atoms with Gasteiger partial charge in [0.2, 0.25) is 0 Å². The molecule has 3 heterocycles. The van der Waals surface area contributed by atoms with Crippen LogP contribution in [0.25, 0.3) is 16.9 Å². The molecule has 0 aliphatic carbocycles. The summed E-state index contributed by atoms with van der Waals surface area (Å²) in [6.07, 6.45) is 3.21. The Bertz CT molecular complexity index is 1000. The third kappa shape index (κ3) is 3.81. The van der Waals surface area contributed by atoms with Gasteiger partial charge in [0.05, 0.1) is 11.4 Å². The van der Waals surface area contributed by atoms with Crippen molar-refractivity contribution in [1.29, 1.82) is 0 Å². The van der Waals surface area contributed by atoms with Crippen LogP contribution in [-0.2, 0) is 4.74 Å².